The summed E-state index contributed by atoms with van der Waals surface area (Å²) in [6.45, 7) is 4.69. The van der Waals surface area contributed by atoms with Gasteiger partial charge in [-0.25, -0.2) is 18.6 Å². The number of nitrogens with one attached hydrogen (secondary N) is 1. The Morgan fingerprint density at radius 1 is 1.14 bits per heavy atom. The number of rotatable bonds is 9. The second-order valence-electron chi connectivity index (χ2n) is 8.61. The van der Waals surface area contributed by atoms with Gasteiger partial charge in [0.05, 0.1) is 6.54 Å². The lowest BCUT2D eigenvalue weighted by Crippen LogP contribution is -2.45. The molecule has 9 nitrogen and oxygen atoms in total. The predicted molar refractivity (Wildman–Crippen MR) is 137 cm³/mol. The lowest BCUT2D eigenvalue weighted by Gasteiger charge is -2.32. The van der Waals surface area contributed by atoms with Gasteiger partial charge < -0.3 is 20.1 Å². The Balaban J connectivity index is 1.39. The van der Waals surface area contributed by atoms with Crippen molar-refractivity contribution in [3.8, 4) is 5.75 Å². The highest BCUT2D eigenvalue weighted by Crippen LogP contribution is 2.25. The van der Waals surface area contributed by atoms with Crippen molar-refractivity contribution in [1.29, 1.82) is 0 Å². The van der Waals surface area contributed by atoms with Crippen LogP contribution in [0, 0.1) is 11.6 Å². The summed E-state index contributed by atoms with van der Waals surface area (Å²) in [7, 11) is 2.09. The number of anilines is 3. The summed E-state index contributed by atoms with van der Waals surface area (Å²) in [5.41, 5.74) is 0.442. The quantitative estimate of drug-likeness (QED) is 0.417. The number of ether oxygens (including phenoxy) is 1. The first kappa shape index (κ1) is 26.5. The van der Waals surface area contributed by atoms with Crippen molar-refractivity contribution in [3.63, 3.8) is 0 Å². The molecule has 2 heterocycles. The van der Waals surface area contributed by atoms with Gasteiger partial charge in [0.2, 0.25) is 5.95 Å². The smallest absolute Gasteiger partial charge is 0.413 e. The van der Waals surface area contributed by atoms with Gasteiger partial charge in [-0.05, 0) is 43.4 Å². The van der Waals surface area contributed by atoms with Crippen LogP contribution in [0.3, 0.4) is 0 Å². The van der Waals surface area contributed by atoms with Gasteiger partial charge in [0.25, 0.3) is 0 Å². The zero-order valence-electron chi connectivity index (χ0n) is 20.2. The molecule has 1 amide bonds. The molecule has 4 rings (SSSR count). The van der Waals surface area contributed by atoms with Crippen LogP contribution in [0.25, 0.3) is 0 Å². The van der Waals surface area contributed by atoms with Crippen LogP contribution in [0.15, 0.2) is 48.7 Å². The van der Waals surface area contributed by atoms with Crippen molar-refractivity contribution < 1.29 is 23.4 Å². The number of hydrogen-bond donors (Lipinski definition) is 2. The van der Waals surface area contributed by atoms with Crippen molar-refractivity contribution in [2.45, 2.75) is 6.54 Å². The number of hydrogen-bond acceptors (Lipinski definition) is 7. The van der Waals surface area contributed by atoms with Gasteiger partial charge in [0.1, 0.15) is 18.2 Å². The third-order valence-electron chi connectivity index (χ3n) is 5.93. The Kier molecular flexibility index (Phi) is 8.70. The first-order valence-electron chi connectivity index (χ1n) is 11.7. The zero-order chi connectivity index (χ0) is 26.4. The fraction of sp³-hybridized carbons (Fsp3) is 0.320. The molecule has 2 aromatic carbocycles. The molecule has 0 aliphatic carbocycles. The van der Waals surface area contributed by atoms with E-state index in [2.05, 4.69) is 32.1 Å². The van der Waals surface area contributed by atoms with Gasteiger partial charge in [0, 0.05) is 61.3 Å². The Morgan fingerprint density at radius 3 is 2.65 bits per heavy atom. The monoisotopic (exact) mass is 532 g/mol. The molecule has 12 heteroatoms. The second-order valence-corrected chi connectivity index (χ2v) is 9.04. The van der Waals surface area contributed by atoms with E-state index in [9.17, 15) is 18.7 Å². The molecule has 1 aliphatic rings. The van der Waals surface area contributed by atoms with Crippen molar-refractivity contribution in [2.24, 2.45) is 0 Å². The third kappa shape index (κ3) is 7.25. The highest BCUT2D eigenvalue weighted by Gasteiger charge is 2.20. The van der Waals surface area contributed by atoms with E-state index < -0.39 is 17.7 Å². The number of carboxylic acid groups (broad SMARTS) is 1. The molecule has 0 bridgehead atoms. The largest absolute Gasteiger partial charge is 0.489 e. The van der Waals surface area contributed by atoms with E-state index >= 15 is 0 Å². The first-order valence-corrected chi connectivity index (χ1v) is 12.0. The van der Waals surface area contributed by atoms with E-state index in [0.717, 1.165) is 31.1 Å². The number of piperazine rings is 1. The minimum atomic E-state index is -1.34. The van der Waals surface area contributed by atoms with E-state index in [-0.39, 0.29) is 34.6 Å². The highest BCUT2D eigenvalue weighted by molar-refractivity contribution is 6.30. The van der Waals surface area contributed by atoms with Crippen LogP contribution in [-0.2, 0) is 6.54 Å². The molecule has 37 heavy (non-hydrogen) atoms. The fourth-order valence-electron chi connectivity index (χ4n) is 3.82. The van der Waals surface area contributed by atoms with Gasteiger partial charge >= 0.3 is 6.09 Å². The van der Waals surface area contributed by atoms with E-state index in [1.165, 1.54) is 42.6 Å². The normalized spacial score (nSPS) is 14.4. The van der Waals surface area contributed by atoms with Crippen LogP contribution < -0.4 is 15.0 Å². The Hall–Kier alpha value is -3.54. The van der Waals surface area contributed by atoms with Crippen molar-refractivity contribution in [1.82, 2.24) is 19.8 Å². The molecule has 196 valence electrons. The maximum Gasteiger partial charge on any atom is 0.413 e. The molecular weight excluding hydrogens is 506 g/mol. The molecule has 1 fully saturated rings. The van der Waals surface area contributed by atoms with Gasteiger partial charge in [0.15, 0.2) is 11.6 Å². The lowest BCUT2D eigenvalue weighted by molar-refractivity contribution is 0.132. The Morgan fingerprint density at radius 2 is 1.92 bits per heavy atom. The number of carbonyl (C=O) groups is 1. The number of likely N-dealkylation sites (N-methyl/N-ethyl adjacent to an activating group) is 1. The SMILES string of the molecule is CN1CCN(CCOc2ccc(Nc3nccc(N(Cc4cc(Cl)ccc4F)C(=O)O)n3)cc2F)CC1. The number of amides is 1. The van der Waals surface area contributed by atoms with Crippen LogP contribution >= 0.6 is 11.6 Å². The summed E-state index contributed by atoms with van der Waals surface area (Å²) in [6, 6.07) is 9.64. The van der Waals surface area contributed by atoms with Crippen molar-refractivity contribution in [2.75, 3.05) is 56.6 Å². The van der Waals surface area contributed by atoms with E-state index in [4.69, 9.17) is 16.3 Å². The number of halogens is 3. The van der Waals surface area contributed by atoms with E-state index in [0.29, 0.717) is 18.8 Å². The molecule has 0 spiro atoms. The summed E-state index contributed by atoms with van der Waals surface area (Å²) in [5, 5.41) is 12.8. The van der Waals surface area contributed by atoms with Crippen LogP contribution in [0.2, 0.25) is 5.02 Å². The highest BCUT2D eigenvalue weighted by atomic mass is 35.5. The van der Waals surface area contributed by atoms with Crippen LogP contribution in [0.1, 0.15) is 5.56 Å². The van der Waals surface area contributed by atoms with Gasteiger partial charge in [-0.3, -0.25) is 9.80 Å². The number of nitrogens with zero attached hydrogens (tertiary/aromatic N) is 5. The van der Waals surface area contributed by atoms with E-state index in [1.54, 1.807) is 6.07 Å². The average Bonchev–Trinajstić information content (AvgIpc) is 2.87. The zero-order valence-corrected chi connectivity index (χ0v) is 21.0. The van der Waals surface area contributed by atoms with E-state index in [1.807, 2.05) is 0 Å². The topological polar surface area (TPSA) is 94.1 Å². The maximum absolute atomic E-state index is 14.6. The fourth-order valence-corrected chi connectivity index (χ4v) is 4.02. The second kappa shape index (κ2) is 12.1. The predicted octanol–water partition coefficient (Wildman–Crippen LogP) is 4.46. The molecule has 1 aliphatic heterocycles. The molecule has 0 saturated carbocycles. The molecule has 2 N–H and O–H groups in total. The summed E-state index contributed by atoms with van der Waals surface area (Å²) < 4.78 is 34.4. The minimum Gasteiger partial charge on any atom is -0.489 e. The molecule has 0 unspecified atom stereocenters. The van der Waals surface area contributed by atoms with Crippen molar-refractivity contribution >= 4 is 35.1 Å². The van der Waals surface area contributed by atoms with Crippen LogP contribution in [0.5, 0.6) is 5.75 Å². The van der Waals surface area contributed by atoms with Crippen LogP contribution in [-0.4, -0.2) is 77.3 Å². The summed E-state index contributed by atoms with van der Waals surface area (Å²) >= 11 is 5.92. The Bertz CT molecular complexity index is 1240. The first-order chi connectivity index (χ1) is 17.8. The minimum absolute atomic E-state index is 0.00806. The molecule has 1 saturated heterocycles. The average molecular weight is 533 g/mol. The molecule has 3 aromatic rings. The lowest BCUT2D eigenvalue weighted by atomic mass is 10.2. The third-order valence-corrected chi connectivity index (χ3v) is 6.17. The standard InChI is InChI=1S/C25H27ClF2N6O3/c1-32-8-10-33(11-9-32)12-13-37-22-5-3-19(15-21(22)28)30-24-29-7-6-23(31-24)34(25(35)36)16-17-14-18(26)2-4-20(17)27/h2-7,14-15H,8-13,16H2,1H3,(H,35,36)(H,29,30,31). The van der Waals surface area contributed by atoms with Gasteiger partial charge in [-0.2, -0.15) is 4.98 Å². The molecular formula is C25H27ClF2N6O3. The van der Waals surface area contributed by atoms with Gasteiger partial charge in [-0.15, -0.1) is 0 Å². The number of aromatic nitrogens is 2. The maximum atomic E-state index is 14.6. The molecule has 0 radical (unpaired) electrons. The summed E-state index contributed by atoms with van der Waals surface area (Å²) in [6.07, 6.45) is 0.00866. The molecule has 1 aromatic heterocycles. The summed E-state index contributed by atoms with van der Waals surface area (Å²) in [4.78, 5) is 25.6. The van der Waals surface area contributed by atoms with Gasteiger partial charge in [-0.1, -0.05) is 11.6 Å². The summed E-state index contributed by atoms with van der Waals surface area (Å²) in [5.74, 6) is -0.963. The Labute approximate surface area is 218 Å². The molecule has 0 atom stereocenters. The number of benzene rings is 2. The van der Waals surface area contributed by atoms with Crippen molar-refractivity contribution in [3.05, 3.63) is 70.9 Å². The van der Waals surface area contributed by atoms with Crippen LogP contribution in [0.4, 0.5) is 31.0 Å².